The van der Waals surface area contributed by atoms with Crippen LogP contribution in [0.4, 0.5) is 4.39 Å². The SMILES string of the molecule is COC(CNS(=O)(=O)c1ccc(F)cc1C)c1ccc(Cl)s1. The van der Waals surface area contributed by atoms with Crippen LogP contribution in [0.1, 0.15) is 16.5 Å². The Labute approximate surface area is 137 Å². The second-order valence-corrected chi connectivity index (χ2v) is 8.11. The highest BCUT2D eigenvalue weighted by molar-refractivity contribution is 7.89. The van der Waals surface area contributed by atoms with Crippen molar-refractivity contribution in [1.29, 1.82) is 0 Å². The largest absolute Gasteiger partial charge is 0.375 e. The number of hydrogen-bond donors (Lipinski definition) is 1. The molecule has 0 saturated heterocycles. The summed E-state index contributed by atoms with van der Waals surface area (Å²) < 4.78 is 46.1. The minimum absolute atomic E-state index is 0.0490. The number of aryl methyl sites for hydroxylation is 1. The number of ether oxygens (including phenoxy) is 1. The van der Waals surface area contributed by atoms with Gasteiger partial charge in [-0.2, -0.15) is 0 Å². The lowest BCUT2D eigenvalue weighted by atomic mass is 10.2. The van der Waals surface area contributed by atoms with E-state index >= 15 is 0 Å². The number of thiophene rings is 1. The summed E-state index contributed by atoms with van der Waals surface area (Å²) in [5.74, 6) is -0.473. The zero-order valence-corrected chi connectivity index (χ0v) is 14.4. The molecule has 22 heavy (non-hydrogen) atoms. The van der Waals surface area contributed by atoms with Crippen molar-refractivity contribution in [2.45, 2.75) is 17.9 Å². The minimum Gasteiger partial charge on any atom is -0.375 e. The smallest absolute Gasteiger partial charge is 0.240 e. The summed E-state index contributed by atoms with van der Waals surface area (Å²) in [5, 5.41) is 0. The van der Waals surface area contributed by atoms with E-state index in [9.17, 15) is 12.8 Å². The van der Waals surface area contributed by atoms with Crippen molar-refractivity contribution < 1.29 is 17.5 Å². The van der Waals surface area contributed by atoms with E-state index in [1.165, 1.54) is 30.6 Å². The van der Waals surface area contributed by atoms with Crippen molar-refractivity contribution in [3.63, 3.8) is 0 Å². The number of nitrogens with one attached hydrogen (secondary N) is 1. The van der Waals surface area contributed by atoms with Gasteiger partial charge < -0.3 is 4.74 Å². The molecule has 120 valence electrons. The topological polar surface area (TPSA) is 55.4 Å². The Balaban J connectivity index is 2.14. The molecule has 0 aliphatic rings. The lowest BCUT2D eigenvalue weighted by Gasteiger charge is -2.15. The van der Waals surface area contributed by atoms with Crippen LogP contribution < -0.4 is 4.72 Å². The van der Waals surface area contributed by atoms with Crippen LogP contribution in [-0.4, -0.2) is 22.1 Å². The van der Waals surface area contributed by atoms with Gasteiger partial charge in [0.05, 0.1) is 9.23 Å². The molecule has 1 aromatic heterocycles. The van der Waals surface area contributed by atoms with Crippen molar-refractivity contribution in [2.75, 3.05) is 13.7 Å². The van der Waals surface area contributed by atoms with Gasteiger partial charge in [0.2, 0.25) is 10.0 Å². The van der Waals surface area contributed by atoms with Gasteiger partial charge in [0.25, 0.3) is 0 Å². The maximum absolute atomic E-state index is 13.1. The normalized spacial score (nSPS) is 13.3. The first-order chi connectivity index (χ1) is 10.3. The molecule has 2 rings (SSSR count). The van der Waals surface area contributed by atoms with Gasteiger partial charge in [0.1, 0.15) is 11.9 Å². The lowest BCUT2D eigenvalue weighted by Crippen LogP contribution is -2.29. The maximum Gasteiger partial charge on any atom is 0.240 e. The van der Waals surface area contributed by atoms with Crippen LogP contribution in [0.15, 0.2) is 35.2 Å². The van der Waals surface area contributed by atoms with E-state index in [4.69, 9.17) is 16.3 Å². The van der Waals surface area contributed by atoms with E-state index in [-0.39, 0.29) is 11.4 Å². The molecule has 1 atom stereocenters. The molecular formula is C14H15ClFNO3S2. The molecule has 0 bridgehead atoms. The fourth-order valence-corrected chi connectivity index (χ4v) is 4.37. The lowest BCUT2D eigenvalue weighted by molar-refractivity contribution is 0.110. The predicted molar refractivity (Wildman–Crippen MR) is 85.4 cm³/mol. The first kappa shape index (κ1) is 17.4. The average Bonchev–Trinajstić information content (AvgIpc) is 2.85. The predicted octanol–water partition coefficient (Wildman–Crippen LogP) is 3.52. The number of benzene rings is 1. The Morgan fingerprint density at radius 3 is 2.64 bits per heavy atom. The third-order valence-corrected chi connectivity index (χ3v) is 5.99. The summed E-state index contributed by atoms with van der Waals surface area (Å²) in [5.41, 5.74) is 0.348. The summed E-state index contributed by atoms with van der Waals surface area (Å²) in [4.78, 5) is 0.874. The highest BCUT2D eigenvalue weighted by atomic mass is 35.5. The van der Waals surface area contributed by atoms with Gasteiger partial charge in [-0.3, -0.25) is 0 Å². The fourth-order valence-electron chi connectivity index (χ4n) is 1.98. The Kier molecular flexibility index (Phi) is 5.57. The summed E-state index contributed by atoms with van der Waals surface area (Å²) in [7, 11) is -2.24. The van der Waals surface area contributed by atoms with Crippen molar-refractivity contribution in [1.82, 2.24) is 4.72 Å². The molecule has 1 N–H and O–H groups in total. The highest BCUT2D eigenvalue weighted by Gasteiger charge is 2.20. The van der Waals surface area contributed by atoms with Gasteiger partial charge >= 0.3 is 0 Å². The quantitative estimate of drug-likeness (QED) is 0.854. The number of sulfonamides is 1. The van der Waals surface area contributed by atoms with Crippen LogP contribution in [0.5, 0.6) is 0 Å². The van der Waals surface area contributed by atoms with Crippen molar-refractivity contribution in [3.05, 3.63) is 50.9 Å². The van der Waals surface area contributed by atoms with E-state index < -0.39 is 21.9 Å². The van der Waals surface area contributed by atoms with Crippen LogP contribution >= 0.6 is 22.9 Å². The van der Waals surface area contributed by atoms with Gasteiger partial charge in [-0.1, -0.05) is 11.6 Å². The molecule has 2 aromatic rings. The van der Waals surface area contributed by atoms with Crippen LogP contribution in [0.3, 0.4) is 0 Å². The van der Waals surface area contributed by atoms with Crippen LogP contribution in [0.25, 0.3) is 0 Å². The third-order valence-electron chi connectivity index (χ3n) is 3.08. The molecule has 0 saturated carbocycles. The van der Waals surface area contributed by atoms with Gasteiger partial charge in [0.15, 0.2) is 0 Å². The molecule has 4 nitrogen and oxygen atoms in total. The summed E-state index contributed by atoms with van der Waals surface area (Å²) >= 11 is 7.20. The zero-order valence-electron chi connectivity index (χ0n) is 12.0. The van der Waals surface area contributed by atoms with E-state index in [0.29, 0.717) is 9.90 Å². The number of halogens is 2. The molecule has 8 heteroatoms. The average molecular weight is 364 g/mol. The van der Waals surface area contributed by atoms with Gasteiger partial charge in [-0.25, -0.2) is 17.5 Å². The first-order valence-corrected chi connectivity index (χ1v) is 9.05. The second kappa shape index (κ2) is 7.06. The highest BCUT2D eigenvalue weighted by Crippen LogP contribution is 2.28. The summed E-state index contributed by atoms with van der Waals surface area (Å²) in [6.07, 6.45) is -0.437. The molecule has 1 unspecified atom stereocenters. The van der Waals surface area contributed by atoms with E-state index in [1.807, 2.05) is 0 Å². The molecule has 0 aliphatic carbocycles. The molecule has 0 spiro atoms. The second-order valence-electron chi connectivity index (χ2n) is 4.63. The first-order valence-electron chi connectivity index (χ1n) is 6.37. The number of methoxy groups -OCH3 is 1. The molecular weight excluding hydrogens is 349 g/mol. The van der Waals surface area contributed by atoms with Crippen LogP contribution in [0, 0.1) is 12.7 Å². The fraction of sp³-hybridized carbons (Fsp3) is 0.286. The molecule has 0 radical (unpaired) electrons. The van der Waals surface area contributed by atoms with Crippen molar-refractivity contribution >= 4 is 33.0 Å². The summed E-state index contributed by atoms with van der Waals surface area (Å²) in [6.45, 7) is 1.61. The standard InChI is InChI=1S/C14H15ClFNO3S2/c1-9-7-10(16)3-5-13(9)22(18,19)17-8-11(20-2)12-4-6-14(15)21-12/h3-7,11,17H,8H2,1-2H3. The van der Waals surface area contributed by atoms with Gasteiger partial charge in [-0.05, 0) is 42.8 Å². The Hall–Kier alpha value is -0.990. The third kappa shape index (κ3) is 4.05. The molecule has 0 aliphatic heterocycles. The van der Waals surface area contributed by atoms with Crippen molar-refractivity contribution in [2.24, 2.45) is 0 Å². The molecule has 1 aromatic carbocycles. The van der Waals surface area contributed by atoms with Gasteiger partial charge in [0, 0.05) is 18.5 Å². The van der Waals surface area contributed by atoms with E-state index in [2.05, 4.69) is 4.72 Å². The van der Waals surface area contributed by atoms with Crippen molar-refractivity contribution in [3.8, 4) is 0 Å². The van der Waals surface area contributed by atoms with Crippen LogP contribution in [0.2, 0.25) is 4.34 Å². The molecule has 0 amide bonds. The van der Waals surface area contributed by atoms with E-state index in [1.54, 1.807) is 19.1 Å². The number of rotatable bonds is 6. The van der Waals surface area contributed by atoms with E-state index in [0.717, 1.165) is 10.9 Å². The monoisotopic (exact) mass is 363 g/mol. The Morgan fingerprint density at radius 1 is 1.36 bits per heavy atom. The zero-order chi connectivity index (χ0) is 16.3. The molecule has 0 fully saturated rings. The maximum atomic E-state index is 13.1. The van der Waals surface area contributed by atoms with Crippen LogP contribution in [-0.2, 0) is 14.8 Å². The van der Waals surface area contributed by atoms with Gasteiger partial charge in [-0.15, -0.1) is 11.3 Å². The Bertz CT molecular complexity index is 761. The molecule has 1 heterocycles. The summed E-state index contributed by atoms with van der Waals surface area (Å²) in [6, 6.07) is 7.07. The minimum atomic E-state index is -3.74. The Morgan fingerprint density at radius 2 is 2.09 bits per heavy atom. The number of hydrogen-bond acceptors (Lipinski definition) is 4.